The number of rotatable bonds is 10. The molecule has 1 heterocycles. The lowest BCUT2D eigenvalue weighted by molar-refractivity contribution is 0.555. The van der Waals surface area contributed by atoms with Gasteiger partial charge in [0.05, 0.1) is 5.75 Å². The monoisotopic (exact) mass is 318 g/mol. The first-order valence-corrected chi connectivity index (χ1v) is 9.66. The molecule has 1 aromatic rings. The highest BCUT2D eigenvalue weighted by Gasteiger charge is 2.14. The van der Waals surface area contributed by atoms with E-state index < -0.39 is 10.0 Å². The molecule has 6 heteroatoms. The summed E-state index contributed by atoms with van der Waals surface area (Å²) in [5, 5.41) is 3.21. The summed E-state index contributed by atoms with van der Waals surface area (Å²) in [4.78, 5) is 2.49. The molecule has 2 N–H and O–H groups in total. The van der Waals surface area contributed by atoms with Crippen LogP contribution in [-0.4, -0.2) is 33.3 Å². The lowest BCUT2D eigenvalue weighted by Gasteiger charge is -2.13. The molecule has 0 bridgehead atoms. The molecule has 0 aromatic carbocycles. The van der Waals surface area contributed by atoms with Crippen molar-refractivity contribution in [2.24, 2.45) is 0 Å². The van der Waals surface area contributed by atoms with E-state index in [-0.39, 0.29) is 11.8 Å². The molecule has 1 unspecified atom stereocenters. The SMILES string of the molecule is CCCNCCCS(=O)(=O)NC(C)Cc1ccc(C)s1. The first-order chi connectivity index (χ1) is 9.43. The molecule has 1 aromatic heterocycles. The van der Waals surface area contributed by atoms with Gasteiger partial charge in [0.15, 0.2) is 0 Å². The van der Waals surface area contributed by atoms with E-state index in [1.165, 1.54) is 9.75 Å². The van der Waals surface area contributed by atoms with Gasteiger partial charge < -0.3 is 5.32 Å². The van der Waals surface area contributed by atoms with Crippen molar-refractivity contribution in [1.82, 2.24) is 10.0 Å². The summed E-state index contributed by atoms with van der Waals surface area (Å²) < 4.78 is 26.6. The minimum atomic E-state index is -3.17. The van der Waals surface area contributed by atoms with E-state index in [1.54, 1.807) is 11.3 Å². The summed E-state index contributed by atoms with van der Waals surface area (Å²) in [6.45, 7) is 7.78. The second-order valence-electron chi connectivity index (χ2n) is 5.16. The third-order valence-electron chi connectivity index (χ3n) is 2.88. The summed E-state index contributed by atoms with van der Waals surface area (Å²) in [5.74, 6) is 0.192. The summed E-state index contributed by atoms with van der Waals surface area (Å²) in [5.41, 5.74) is 0. The zero-order valence-electron chi connectivity index (χ0n) is 12.6. The third kappa shape index (κ3) is 7.38. The van der Waals surface area contributed by atoms with Gasteiger partial charge in [0.1, 0.15) is 0 Å². The number of nitrogens with one attached hydrogen (secondary N) is 2. The second kappa shape index (κ2) is 8.77. The van der Waals surface area contributed by atoms with E-state index in [1.807, 2.05) is 6.92 Å². The lowest BCUT2D eigenvalue weighted by Crippen LogP contribution is -2.36. The van der Waals surface area contributed by atoms with Crippen LogP contribution < -0.4 is 10.0 Å². The number of sulfonamides is 1. The Balaban J connectivity index is 2.30. The normalized spacial score (nSPS) is 13.6. The van der Waals surface area contributed by atoms with Crippen molar-refractivity contribution in [3.63, 3.8) is 0 Å². The Morgan fingerprint density at radius 2 is 2.05 bits per heavy atom. The molecular formula is C14H26N2O2S2. The fourth-order valence-electron chi connectivity index (χ4n) is 1.99. The van der Waals surface area contributed by atoms with Crippen molar-refractivity contribution < 1.29 is 8.42 Å². The van der Waals surface area contributed by atoms with E-state index in [4.69, 9.17) is 0 Å². The Morgan fingerprint density at radius 3 is 2.65 bits per heavy atom. The molecule has 0 radical (unpaired) electrons. The van der Waals surface area contributed by atoms with Gasteiger partial charge in [-0.1, -0.05) is 6.92 Å². The van der Waals surface area contributed by atoms with E-state index in [2.05, 4.69) is 36.0 Å². The van der Waals surface area contributed by atoms with Crippen molar-refractivity contribution in [1.29, 1.82) is 0 Å². The second-order valence-corrected chi connectivity index (χ2v) is 8.40. The van der Waals surface area contributed by atoms with E-state index in [9.17, 15) is 8.42 Å². The first kappa shape index (κ1) is 17.6. The summed E-state index contributed by atoms with van der Waals surface area (Å²) >= 11 is 1.72. The summed E-state index contributed by atoms with van der Waals surface area (Å²) in [6, 6.07) is 4.08. The molecular weight excluding hydrogens is 292 g/mol. The van der Waals surface area contributed by atoms with Crippen LogP contribution in [0.15, 0.2) is 12.1 Å². The molecule has 4 nitrogen and oxygen atoms in total. The molecule has 0 spiro atoms. The van der Waals surface area contributed by atoms with Crippen LogP contribution in [0.3, 0.4) is 0 Å². The van der Waals surface area contributed by atoms with Gasteiger partial charge in [-0.05, 0) is 58.3 Å². The molecule has 116 valence electrons. The van der Waals surface area contributed by atoms with Gasteiger partial charge in [-0.3, -0.25) is 0 Å². The van der Waals surface area contributed by atoms with E-state index in [0.29, 0.717) is 6.42 Å². The lowest BCUT2D eigenvalue weighted by atomic mass is 10.2. The average Bonchev–Trinajstić information content (AvgIpc) is 2.73. The fourth-order valence-corrected chi connectivity index (χ4v) is 4.35. The quantitative estimate of drug-likeness (QED) is 0.651. The molecule has 1 atom stereocenters. The molecule has 0 saturated heterocycles. The van der Waals surface area contributed by atoms with Crippen LogP contribution in [-0.2, 0) is 16.4 Å². The van der Waals surface area contributed by atoms with Crippen molar-refractivity contribution in [3.05, 3.63) is 21.9 Å². The summed E-state index contributed by atoms with van der Waals surface area (Å²) in [6.07, 6.45) is 2.48. The molecule has 1 rings (SSSR count). The molecule has 0 amide bonds. The number of hydrogen-bond donors (Lipinski definition) is 2. The molecule has 0 aliphatic carbocycles. The zero-order chi connectivity index (χ0) is 15.0. The van der Waals surface area contributed by atoms with E-state index >= 15 is 0 Å². The van der Waals surface area contributed by atoms with Gasteiger partial charge in [0, 0.05) is 15.8 Å². The van der Waals surface area contributed by atoms with Gasteiger partial charge in [-0.2, -0.15) is 0 Å². The van der Waals surface area contributed by atoms with Gasteiger partial charge in [0.25, 0.3) is 0 Å². The maximum atomic E-state index is 11.9. The smallest absolute Gasteiger partial charge is 0.211 e. The van der Waals surface area contributed by atoms with Crippen molar-refractivity contribution >= 4 is 21.4 Å². The minimum absolute atomic E-state index is 0.0540. The first-order valence-electron chi connectivity index (χ1n) is 7.19. The van der Waals surface area contributed by atoms with Gasteiger partial charge in [-0.15, -0.1) is 11.3 Å². The number of thiophene rings is 1. The van der Waals surface area contributed by atoms with Crippen LogP contribution in [0.5, 0.6) is 0 Å². The zero-order valence-corrected chi connectivity index (χ0v) is 14.2. The van der Waals surface area contributed by atoms with Crippen LogP contribution in [0.4, 0.5) is 0 Å². The van der Waals surface area contributed by atoms with Crippen LogP contribution in [0.1, 0.15) is 36.4 Å². The van der Waals surface area contributed by atoms with Gasteiger partial charge in [-0.25, -0.2) is 13.1 Å². The third-order valence-corrected chi connectivity index (χ3v) is 5.49. The molecule has 0 saturated carbocycles. The highest BCUT2D eigenvalue weighted by atomic mass is 32.2. The Hall–Kier alpha value is -0.430. The van der Waals surface area contributed by atoms with Crippen LogP contribution >= 0.6 is 11.3 Å². The Labute approximate surface area is 127 Å². The molecule has 20 heavy (non-hydrogen) atoms. The predicted octanol–water partition coefficient (Wildman–Crippen LogP) is 2.30. The van der Waals surface area contributed by atoms with Crippen molar-refractivity contribution in [2.45, 2.75) is 46.1 Å². The Kier molecular flexibility index (Phi) is 7.72. The largest absolute Gasteiger partial charge is 0.317 e. The highest BCUT2D eigenvalue weighted by Crippen LogP contribution is 2.16. The fraction of sp³-hybridized carbons (Fsp3) is 0.714. The Bertz CT molecular complexity index is 483. The van der Waals surface area contributed by atoms with Gasteiger partial charge >= 0.3 is 0 Å². The highest BCUT2D eigenvalue weighted by molar-refractivity contribution is 7.89. The predicted molar refractivity (Wildman–Crippen MR) is 86.9 cm³/mol. The van der Waals surface area contributed by atoms with Crippen LogP contribution in [0, 0.1) is 6.92 Å². The molecule has 0 aliphatic rings. The van der Waals surface area contributed by atoms with Crippen molar-refractivity contribution in [2.75, 3.05) is 18.8 Å². The topological polar surface area (TPSA) is 58.2 Å². The van der Waals surface area contributed by atoms with Crippen molar-refractivity contribution in [3.8, 4) is 0 Å². The minimum Gasteiger partial charge on any atom is -0.317 e. The van der Waals surface area contributed by atoms with Crippen LogP contribution in [0.25, 0.3) is 0 Å². The van der Waals surface area contributed by atoms with Gasteiger partial charge in [0.2, 0.25) is 10.0 Å². The standard InChI is InChI=1S/C14H26N2O2S2/c1-4-8-15-9-5-10-20(17,18)16-12(2)11-14-7-6-13(3)19-14/h6-7,12,15-16H,4-5,8-11H2,1-3H3. The molecule has 0 aliphatic heterocycles. The number of aryl methyl sites for hydroxylation is 1. The number of hydrogen-bond acceptors (Lipinski definition) is 4. The van der Waals surface area contributed by atoms with Crippen LogP contribution in [0.2, 0.25) is 0 Å². The Morgan fingerprint density at radius 1 is 1.30 bits per heavy atom. The average molecular weight is 319 g/mol. The van der Waals surface area contributed by atoms with E-state index in [0.717, 1.165) is 25.9 Å². The summed E-state index contributed by atoms with van der Waals surface area (Å²) in [7, 11) is -3.17. The maximum absolute atomic E-state index is 11.9. The maximum Gasteiger partial charge on any atom is 0.211 e. The molecule has 0 fully saturated rings.